The minimum absolute atomic E-state index is 0.230. The van der Waals surface area contributed by atoms with Crippen LogP contribution in [-0.4, -0.2) is 33.2 Å². The topological polar surface area (TPSA) is 52.6 Å². The molecule has 27 heavy (non-hydrogen) atoms. The van der Waals surface area contributed by atoms with Gasteiger partial charge < -0.3 is 8.92 Å². The Hall–Kier alpha value is -1.03. The summed E-state index contributed by atoms with van der Waals surface area (Å²) in [6.07, 6.45) is 14.3. The molecule has 6 heteroatoms. The number of ether oxygens (including phenoxy) is 1. The Balaban J connectivity index is 2.55. The Morgan fingerprint density at radius 1 is 1.33 bits per heavy atom. The zero-order valence-corrected chi connectivity index (χ0v) is 19.0. The first-order valence-electron chi connectivity index (χ1n) is 9.22. The second-order valence-corrected chi connectivity index (χ2v) is 9.77. The van der Waals surface area contributed by atoms with E-state index in [1.165, 1.54) is 0 Å². The lowest BCUT2D eigenvalue weighted by Gasteiger charge is -2.38. The molecule has 0 atom stereocenters. The van der Waals surface area contributed by atoms with Gasteiger partial charge in [-0.25, -0.2) is 0 Å². The third-order valence-corrected chi connectivity index (χ3v) is 6.94. The highest BCUT2D eigenvalue weighted by atomic mass is 79.9. The molecular formula is C21H29BrO4S. The van der Waals surface area contributed by atoms with Gasteiger partial charge in [-0.15, -0.1) is 6.42 Å². The summed E-state index contributed by atoms with van der Waals surface area (Å²) in [5.74, 6) is 3.36. The SMILES string of the molecule is C#C/C(C1=C(OS(C)(=O)=O)C2(CC1)CCC(OC)CC2)=C(C)\C=C(\C)CBr. The number of rotatable bonds is 6. The lowest BCUT2D eigenvalue weighted by molar-refractivity contribution is 0.0288. The summed E-state index contributed by atoms with van der Waals surface area (Å²) in [6.45, 7) is 4.00. The molecule has 0 aromatic rings. The number of allylic oxidation sites excluding steroid dienone is 6. The van der Waals surface area contributed by atoms with Crippen LogP contribution in [0.2, 0.25) is 0 Å². The van der Waals surface area contributed by atoms with Gasteiger partial charge in [-0.2, -0.15) is 8.42 Å². The fourth-order valence-corrected chi connectivity index (χ4v) is 4.96. The van der Waals surface area contributed by atoms with Gasteiger partial charge in [0.2, 0.25) is 0 Å². The quantitative estimate of drug-likeness (QED) is 0.247. The summed E-state index contributed by atoms with van der Waals surface area (Å²) in [4.78, 5) is 0. The van der Waals surface area contributed by atoms with Crippen LogP contribution in [-0.2, 0) is 19.0 Å². The highest BCUT2D eigenvalue weighted by Crippen LogP contribution is 2.55. The first-order valence-corrected chi connectivity index (χ1v) is 12.2. The molecule has 0 heterocycles. The molecule has 0 unspecified atom stereocenters. The Bertz CT molecular complexity index is 804. The van der Waals surface area contributed by atoms with Crippen LogP contribution in [0.5, 0.6) is 0 Å². The molecule has 4 nitrogen and oxygen atoms in total. The summed E-state index contributed by atoms with van der Waals surface area (Å²) >= 11 is 3.45. The molecule has 2 aliphatic carbocycles. The maximum absolute atomic E-state index is 12.0. The van der Waals surface area contributed by atoms with Crippen molar-refractivity contribution in [2.45, 2.75) is 58.5 Å². The molecule has 0 aromatic carbocycles. The van der Waals surface area contributed by atoms with Gasteiger partial charge in [0.15, 0.2) is 0 Å². The number of terminal acetylenes is 1. The van der Waals surface area contributed by atoms with Crippen molar-refractivity contribution < 1.29 is 17.3 Å². The molecule has 0 N–H and O–H groups in total. The molecule has 0 aliphatic heterocycles. The Morgan fingerprint density at radius 3 is 2.44 bits per heavy atom. The molecule has 1 saturated carbocycles. The third-order valence-electron chi connectivity index (χ3n) is 5.58. The normalized spacial score (nSPS) is 27.6. The molecule has 0 bridgehead atoms. The molecule has 0 aromatic heterocycles. The van der Waals surface area contributed by atoms with E-state index in [-0.39, 0.29) is 11.5 Å². The second-order valence-electron chi connectivity index (χ2n) is 7.64. The molecule has 0 radical (unpaired) electrons. The monoisotopic (exact) mass is 456 g/mol. The standard InChI is InChI=1S/C21H29BrO4S/c1-6-18(16(3)13-15(2)14-22)19-9-12-21(20(19)26-27(5,23)24)10-7-17(25-4)8-11-21/h1,13,17H,7-12,14H2,2-5H3/b15-13-,18-16+. The lowest BCUT2D eigenvalue weighted by atomic mass is 9.71. The molecule has 0 amide bonds. The fraction of sp³-hybridized carbons (Fsp3) is 0.619. The largest absolute Gasteiger partial charge is 0.386 e. The number of methoxy groups -OCH3 is 1. The predicted molar refractivity (Wildman–Crippen MR) is 113 cm³/mol. The molecule has 2 rings (SSSR count). The van der Waals surface area contributed by atoms with E-state index >= 15 is 0 Å². The number of alkyl halides is 1. The van der Waals surface area contributed by atoms with E-state index in [4.69, 9.17) is 15.3 Å². The minimum Gasteiger partial charge on any atom is -0.386 e. The highest BCUT2D eigenvalue weighted by molar-refractivity contribution is 9.09. The van der Waals surface area contributed by atoms with Gasteiger partial charge in [0.05, 0.1) is 12.4 Å². The second kappa shape index (κ2) is 8.98. The van der Waals surface area contributed by atoms with Gasteiger partial charge in [0.25, 0.3) is 0 Å². The van der Waals surface area contributed by atoms with Crippen LogP contribution in [0.1, 0.15) is 52.4 Å². The van der Waals surface area contributed by atoms with Crippen LogP contribution in [0.3, 0.4) is 0 Å². The van der Waals surface area contributed by atoms with Crippen molar-refractivity contribution in [1.29, 1.82) is 0 Å². The van der Waals surface area contributed by atoms with E-state index in [1.807, 2.05) is 19.9 Å². The maximum Gasteiger partial charge on any atom is 0.305 e. The Labute approximate surface area is 172 Å². The van der Waals surface area contributed by atoms with Gasteiger partial charge in [-0.3, -0.25) is 0 Å². The third kappa shape index (κ3) is 5.28. The zero-order chi connectivity index (χ0) is 20.2. The van der Waals surface area contributed by atoms with Crippen LogP contribution in [0, 0.1) is 17.8 Å². The van der Waals surface area contributed by atoms with Gasteiger partial charge in [-0.05, 0) is 57.9 Å². The maximum atomic E-state index is 12.0. The van der Waals surface area contributed by atoms with E-state index in [0.717, 1.165) is 72.4 Å². The van der Waals surface area contributed by atoms with Crippen LogP contribution in [0.25, 0.3) is 0 Å². The molecule has 1 fully saturated rings. The smallest absolute Gasteiger partial charge is 0.305 e. The van der Waals surface area contributed by atoms with E-state index in [9.17, 15) is 8.42 Å². The van der Waals surface area contributed by atoms with Crippen LogP contribution in [0.15, 0.2) is 34.1 Å². The highest BCUT2D eigenvalue weighted by Gasteiger charge is 2.47. The summed E-state index contributed by atoms with van der Waals surface area (Å²) < 4.78 is 35.1. The van der Waals surface area contributed by atoms with E-state index in [2.05, 4.69) is 21.9 Å². The molecular weight excluding hydrogens is 428 g/mol. The Kier molecular flexibility index (Phi) is 7.40. The lowest BCUT2D eigenvalue weighted by Crippen LogP contribution is -2.32. The molecule has 1 spiro atoms. The van der Waals surface area contributed by atoms with E-state index in [1.54, 1.807) is 7.11 Å². The molecule has 0 saturated heterocycles. The van der Waals surface area contributed by atoms with Crippen molar-refractivity contribution in [3.63, 3.8) is 0 Å². The number of hydrogen-bond donors (Lipinski definition) is 0. The van der Waals surface area contributed by atoms with Crippen molar-refractivity contribution in [3.8, 4) is 12.3 Å². The van der Waals surface area contributed by atoms with Crippen molar-refractivity contribution >= 4 is 26.0 Å². The summed E-state index contributed by atoms with van der Waals surface area (Å²) in [7, 11) is -1.90. The molecule has 150 valence electrons. The van der Waals surface area contributed by atoms with Gasteiger partial charge in [0.1, 0.15) is 5.76 Å². The summed E-state index contributed by atoms with van der Waals surface area (Å²) in [5.41, 5.74) is 3.47. The van der Waals surface area contributed by atoms with Crippen molar-refractivity contribution in [3.05, 3.63) is 34.1 Å². The van der Waals surface area contributed by atoms with Crippen LogP contribution >= 0.6 is 15.9 Å². The fourth-order valence-electron chi connectivity index (χ4n) is 4.22. The summed E-state index contributed by atoms with van der Waals surface area (Å²) in [6, 6.07) is 0. The van der Waals surface area contributed by atoms with Crippen molar-refractivity contribution in [2.75, 3.05) is 18.7 Å². The molecule has 2 aliphatic rings. The van der Waals surface area contributed by atoms with Gasteiger partial charge in [-0.1, -0.05) is 33.5 Å². The van der Waals surface area contributed by atoms with E-state index < -0.39 is 10.1 Å². The number of halogens is 1. The number of hydrogen-bond acceptors (Lipinski definition) is 4. The van der Waals surface area contributed by atoms with Crippen LogP contribution < -0.4 is 0 Å². The Morgan fingerprint density at radius 2 is 1.96 bits per heavy atom. The minimum atomic E-state index is -3.63. The first-order chi connectivity index (χ1) is 12.7. The summed E-state index contributed by atoms with van der Waals surface area (Å²) in [5, 5.41) is 0.760. The van der Waals surface area contributed by atoms with E-state index in [0.29, 0.717) is 5.76 Å². The average molecular weight is 457 g/mol. The van der Waals surface area contributed by atoms with Gasteiger partial charge in [0, 0.05) is 29.0 Å². The van der Waals surface area contributed by atoms with Crippen LogP contribution in [0.4, 0.5) is 0 Å². The van der Waals surface area contributed by atoms with Gasteiger partial charge >= 0.3 is 10.1 Å². The predicted octanol–water partition coefficient (Wildman–Crippen LogP) is 4.88. The van der Waals surface area contributed by atoms with Crippen molar-refractivity contribution in [2.24, 2.45) is 5.41 Å². The zero-order valence-electron chi connectivity index (χ0n) is 16.6. The van der Waals surface area contributed by atoms with Crippen molar-refractivity contribution in [1.82, 2.24) is 0 Å². The first kappa shape index (κ1) is 22.3. The average Bonchev–Trinajstić information content (AvgIpc) is 2.93.